The second-order valence-corrected chi connectivity index (χ2v) is 4.61. The highest BCUT2D eigenvalue weighted by atomic mass is 19.1. The number of carbonyl (C=O) groups excluding carboxylic acids is 1. The lowest BCUT2D eigenvalue weighted by molar-refractivity contribution is -0.136. The van der Waals surface area contributed by atoms with E-state index in [2.05, 4.69) is 0 Å². The van der Waals surface area contributed by atoms with Crippen LogP contribution >= 0.6 is 0 Å². The van der Waals surface area contributed by atoms with Crippen LogP contribution in [-0.2, 0) is 9.53 Å². The largest absolute Gasteiger partial charge is 0.375 e. The Hall–Kier alpha value is -1.42. The number of ether oxygens (including phenoxy) is 1. The van der Waals surface area contributed by atoms with E-state index in [0.717, 1.165) is 18.4 Å². The Labute approximate surface area is 107 Å². The number of rotatable bonds is 3. The molecule has 1 saturated heterocycles. The summed E-state index contributed by atoms with van der Waals surface area (Å²) in [4.78, 5) is 13.4. The molecule has 1 aliphatic heterocycles. The van der Waals surface area contributed by atoms with E-state index in [1.54, 1.807) is 11.0 Å². The summed E-state index contributed by atoms with van der Waals surface area (Å²) in [5.74, 6) is 0.0986. The first-order chi connectivity index (χ1) is 8.72. The Morgan fingerprint density at radius 2 is 2.06 bits per heavy atom. The summed E-state index contributed by atoms with van der Waals surface area (Å²) in [6, 6.07) is 6.90. The molecule has 2 rings (SSSR count). The van der Waals surface area contributed by atoms with Crippen molar-refractivity contribution in [3.05, 3.63) is 35.6 Å². The molecule has 98 valence electrons. The normalized spacial score (nSPS) is 16.9. The van der Waals surface area contributed by atoms with E-state index in [0.29, 0.717) is 13.1 Å². The minimum atomic E-state index is -0.140. The van der Waals surface area contributed by atoms with Gasteiger partial charge in [0.15, 0.2) is 0 Å². The van der Waals surface area contributed by atoms with E-state index in [4.69, 9.17) is 4.74 Å². The summed E-state index contributed by atoms with van der Waals surface area (Å²) in [7, 11) is 1.52. The van der Waals surface area contributed by atoms with Gasteiger partial charge >= 0.3 is 0 Å². The molecule has 0 bridgehead atoms. The molecule has 18 heavy (non-hydrogen) atoms. The minimum Gasteiger partial charge on any atom is -0.375 e. The van der Waals surface area contributed by atoms with Crippen molar-refractivity contribution >= 4 is 5.91 Å². The van der Waals surface area contributed by atoms with Crippen molar-refractivity contribution in [3.63, 3.8) is 0 Å². The van der Waals surface area contributed by atoms with Crippen molar-refractivity contribution in [1.29, 1.82) is 0 Å². The van der Waals surface area contributed by atoms with Crippen LogP contribution in [0.2, 0.25) is 0 Å². The zero-order valence-electron chi connectivity index (χ0n) is 10.6. The zero-order valence-corrected chi connectivity index (χ0v) is 10.6. The fourth-order valence-corrected chi connectivity index (χ4v) is 2.46. The molecule has 0 spiro atoms. The molecule has 0 unspecified atom stereocenters. The number of piperidine rings is 1. The standard InChI is InChI=1S/C14H18FNO2/c1-18-10-14(17)16-8-6-11(7-9-16)12-4-2-3-5-13(12)15/h2-5,11H,6-10H2,1H3. The number of halogens is 1. The molecular formula is C14H18FNO2. The molecular weight excluding hydrogens is 233 g/mol. The molecule has 0 radical (unpaired) electrons. The number of nitrogens with zero attached hydrogens (tertiary/aromatic N) is 1. The van der Waals surface area contributed by atoms with Gasteiger partial charge in [0.1, 0.15) is 12.4 Å². The van der Waals surface area contributed by atoms with E-state index >= 15 is 0 Å². The third kappa shape index (κ3) is 2.88. The predicted octanol–water partition coefficient (Wildman–Crippen LogP) is 2.18. The minimum absolute atomic E-state index is 0.0180. The zero-order chi connectivity index (χ0) is 13.0. The van der Waals surface area contributed by atoms with E-state index in [1.165, 1.54) is 13.2 Å². The highest BCUT2D eigenvalue weighted by molar-refractivity contribution is 5.77. The van der Waals surface area contributed by atoms with Crippen LogP contribution in [0.15, 0.2) is 24.3 Å². The summed E-state index contributed by atoms with van der Waals surface area (Å²) in [5.41, 5.74) is 0.774. The van der Waals surface area contributed by atoms with Crippen LogP contribution in [0.25, 0.3) is 0 Å². The van der Waals surface area contributed by atoms with Crippen LogP contribution in [0.4, 0.5) is 4.39 Å². The van der Waals surface area contributed by atoms with Crippen molar-refractivity contribution in [1.82, 2.24) is 4.90 Å². The third-order valence-corrected chi connectivity index (χ3v) is 3.46. The van der Waals surface area contributed by atoms with Crippen LogP contribution < -0.4 is 0 Å². The van der Waals surface area contributed by atoms with Gasteiger partial charge in [-0.2, -0.15) is 0 Å². The SMILES string of the molecule is COCC(=O)N1CCC(c2ccccc2F)CC1. The molecule has 1 fully saturated rings. The average Bonchev–Trinajstić information content (AvgIpc) is 2.40. The molecule has 0 aromatic heterocycles. The van der Waals surface area contributed by atoms with E-state index < -0.39 is 0 Å². The van der Waals surface area contributed by atoms with Gasteiger partial charge in [0.25, 0.3) is 0 Å². The van der Waals surface area contributed by atoms with E-state index in [1.807, 2.05) is 12.1 Å². The van der Waals surface area contributed by atoms with Crippen LogP contribution in [0.1, 0.15) is 24.3 Å². The van der Waals surface area contributed by atoms with Crippen molar-refractivity contribution in [2.24, 2.45) is 0 Å². The number of hydrogen-bond acceptors (Lipinski definition) is 2. The molecule has 0 aliphatic carbocycles. The van der Waals surface area contributed by atoms with Crippen LogP contribution in [-0.4, -0.2) is 37.6 Å². The first kappa shape index (κ1) is 13.0. The maximum Gasteiger partial charge on any atom is 0.248 e. The molecule has 4 heteroatoms. The number of hydrogen-bond donors (Lipinski definition) is 0. The first-order valence-electron chi connectivity index (χ1n) is 6.23. The number of amides is 1. The van der Waals surface area contributed by atoms with Gasteiger partial charge in [0.05, 0.1) is 0 Å². The Morgan fingerprint density at radius 1 is 1.39 bits per heavy atom. The Morgan fingerprint density at radius 3 is 2.67 bits per heavy atom. The molecule has 3 nitrogen and oxygen atoms in total. The quantitative estimate of drug-likeness (QED) is 0.824. The Bertz CT molecular complexity index is 414. The molecule has 1 amide bonds. The second-order valence-electron chi connectivity index (χ2n) is 4.61. The lowest BCUT2D eigenvalue weighted by Gasteiger charge is -2.32. The number of carbonyl (C=O) groups is 1. The van der Waals surface area contributed by atoms with Gasteiger partial charge in [-0.25, -0.2) is 4.39 Å². The van der Waals surface area contributed by atoms with Crippen molar-refractivity contribution in [2.45, 2.75) is 18.8 Å². The molecule has 1 heterocycles. The first-order valence-corrected chi connectivity index (χ1v) is 6.23. The summed E-state index contributed by atoms with van der Waals surface area (Å²) in [5, 5.41) is 0. The molecule has 1 aromatic carbocycles. The fraction of sp³-hybridized carbons (Fsp3) is 0.500. The predicted molar refractivity (Wildman–Crippen MR) is 66.8 cm³/mol. The highest BCUT2D eigenvalue weighted by Crippen LogP contribution is 2.29. The van der Waals surface area contributed by atoms with Crippen LogP contribution in [0, 0.1) is 5.82 Å². The van der Waals surface area contributed by atoms with Crippen molar-refractivity contribution in [2.75, 3.05) is 26.8 Å². The number of likely N-dealkylation sites (tertiary alicyclic amines) is 1. The van der Waals surface area contributed by atoms with Gasteiger partial charge in [0.2, 0.25) is 5.91 Å². The highest BCUT2D eigenvalue weighted by Gasteiger charge is 2.24. The molecule has 0 N–H and O–H groups in total. The van der Waals surface area contributed by atoms with Crippen molar-refractivity contribution < 1.29 is 13.9 Å². The second kappa shape index (κ2) is 5.96. The van der Waals surface area contributed by atoms with Gasteiger partial charge < -0.3 is 9.64 Å². The van der Waals surface area contributed by atoms with Gasteiger partial charge in [-0.3, -0.25) is 4.79 Å². The number of methoxy groups -OCH3 is 1. The summed E-state index contributed by atoms with van der Waals surface area (Å²) >= 11 is 0. The lowest BCUT2D eigenvalue weighted by atomic mass is 9.89. The van der Waals surface area contributed by atoms with Gasteiger partial charge in [-0.1, -0.05) is 18.2 Å². The monoisotopic (exact) mass is 251 g/mol. The van der Waals surface area contributed by atoms with E-state index in [-0.39, 0.29) is 24.2 Å². The molecule has 0 atom stereocenters. The summed E-state index contributed by atoms with van der Waals surface area (Å²) < 4.78 is 18.5. The summed E-state index contributed by atoms with van der Waals surface area (Å²) in [6.07, 6.45) is 1.63. The smallest absolute Gasteiger partial charge is 0.248 e. The third-order valence-electron chi connectivity index (χ3n) is 3.46. The fourth-order valence-electron chi connectivity index (χ4n) is 2.46. The molecule has 0 saturated carbocycles. The summed E-state index contributed by atoms with van der Waals surface area (Å²) in [6.45, 7) is 1.49. The number of benzene rings is 1. The van der Waals surface area contributed by atoms with Gasteiger partial charge in [0, 0.05) is 20.2 Å². The maximum absolute atomic E-state index is 13.7. The van der Waals surface area contributed by atoms with Gasteiger partial charge in [-0.15, -0.1) is 0 Å². The average molecular weight is 251 g/mol. The lowest BCUT2D eigenvalue weighted by Crippen LogP contribution is -2.39. The Kier molecular flexibility index (Phi) is 4.31. The maximum atomic E-state index is 13.7. The van der Waals surface area contributed by atoms with Crippen molar-refractivity contribution in [3.8, 4) is 0 Å². The van der Waals surface area contributed by atoms with Crippen LogP contribution in [0.5, 0.6) is 0 Å². The van der Waals surface area contributed by atoms with Gasteiger partial charge in [-0.05, 0) is 30.4 Å². The molecule has 1 aliphatic rings. The van der Waals surface area contributed by atoms with E-state index in [9.17, 15) is 9.18 Å². The molecule has 1 aromatic rings. The Balaban J connectivity index is 1.95. The van der Waals surface area contributed by atoms with Crippen LogP contribution in [0.3, 0.4) is 0 Å². The topological polar surface area (TPSA) is 29.5 Å².